The van der Waals surface area contributed by atoms with Crippen LogP contribution in [0.2, 0.25) is 0 Å². The van der Waals surface area contributed by atoms with Crippen LogP contribution in [-0.4, -0.2) is 53.4 Å². The van der Waals surface area contributed by atoms with Gasteiger partial charge in [0.25, 0.3) is 0 Å². The Bertz CT molecular complexity index is 897. The number of hydrogen-bond donors (Lipinski definition) is 3. The van der Waals surface area contributed by atoms with Crippen LogP contribution in [0.5, 0.6) is 0 Å². The summed E-state index contributed by atoms with van der Waals surface area (Å²) in [6.07, 6.45) is 9.87. The Labute approximate surface area is 175 Å². The van der Waals surface area contributed by atoms with E-state index >= 15 is 0 Å². The second kappa shape index (κ2) is 8.32. The third kappa shape index (κ3) is 4.03. The van der Waals surface area contributed by atoms with Crippen LogP contribution in [0.3, 0.4) is 0 Å². The van der Waals surface area contributed by atoms with Gasteiger partial charge in [0, 0.05) is 54.4 Å². The van der Waals surface area contributed by atoms with Gasteiger partial charge in [-0.2, -0.15) is 0 Å². The van der Waals surface area contributed by atoms with Crippen molar-refractivity contribution in [1.82, 2.24) is 25.5 Å². The summed E-state index contributed by atoms with van der Waals surface area (Å²) in [5.41, 5.74) is 2.97. The van der Waals surface area contributed by atoms with Crippen LogP contribution < -0.4 is 16.0 Å². The number of aromatic nitrogens is 2. The summed E-state index contributed by atoms with van der Waals surface area (Å²) in [6.45, 7) is 3.39. The molecule has 3 aliphatic heterocycles. The van der Waals surface area contributed by atoms with E-state index in [1.54, 1.807) is 11.1 Å². The molecule has 3 N–H and O–H groups in total. The van der Waals surface area contributed by atoms with E-state index in [2.05, 4.69) is 27.9 Å². The fraction of sp³-hybridized carbons (Fsp3) is 0.450. The number of piperidine rings is 1. The Morgan fingerprint density at radius 3 is 3.03 bits per heavy atom. The molecule has 2 atom stereocenters. The molecule has 0 radical (unpaired) electrons. The Morgan fingerprint density at radius 1 is 1.41 bits per heavy atom. The molecular formula is C20H25ClN6O2. The number of ether oxygens (including phenoxy) is 1. The van der Waals surface area contributed by atoms with Crippen LogP contribution in [0, 0.1) is 0 Å². The highest BCUT2D eigenvalue weighted by molar-refractivity contribution is 6.31. The zero-order valence-electron chi connectivity index (χ0n) is 16.5. The monoisotopic (exact) mass is 416 g/mol. The van der Waals surface area contributed by atoms with E-state index in [1.807, 2.05) is 18.5 Å². The lowest BCUT2D eigenvalue weighted by atomic mass is 10.0. The highest BCUT2D eigenvalue weighted by Crippen LogP contribution is 2.31. The first-order valence-electron chi connectivity index (χ1n) is 9.84. The molecule has 4 rings (SSSR count). The molecule has 1 unspecified atom stereocenters. The van der Waals surface area contributed by atoms with Crippen molar-refractivity contribution in [3.8, 4) is 0 Å². The minimum atomic E-state index is -0.287. The largest absolute Gasteiger partial charge is 0.453 e. The summed E-state index contributed by atoms with van der Waals surface area (Å²) in [7, 11) is 1.41. The second-order valence-corrected chi connectivity index (χ2v) is 7.71. The summed E-state index contributed by atoms with van der Waals surface area (Å²) in [4.78, 5) is 23.0. The summed E-state index contributed by atoms with van der Waals surface area (Å²) in [5.74, 6) is 1.45. The third-order valence-electron chi connectivity index (χ3n) is 5.38. The van der Waals surface area contributed by atoms with Gasteiger partial charge in [0.2, 0.25) is 0 Å². The van der Waals surface area contributed by atoms with Crippen LogP contribution in [0.4, 0.5) is 10.6 Å². The maximum absolute atomic E-state index is 11.9. The molecule has 9 heteroatoms. The average Bonchev–Trinajstić information content (AvgIpc) is 3.16. The summed E-state index contributed by atoms with van der Waals surface area (Å²) in [5, 5.41) is 10.7. The number of rotatable bonds is 4. The van der Waals surface area contributed by atoms with Crippen molar-refractivity contribution < 1.29 is 9.53 Å². The number of aryl methyl sites for hydroxylation is 1. The molecule has 0 bridgehead atoms. The van der Waals surface area contributed by atoms with Crippen molar-refractivity contribution >= 4 is 29.1 Å². The van der Waals surface area contributed by atoms with Gasteiger partial charge in [-0.25, -0.2) is 14.8 Å². The molecule has 1 aromatic rings. The topological polar surface area (TPSA) is 91.4 Å². The highest BCUT2D eigenvalue weighted by Gasteiger charge is 2.29. The van der Waals surface area contributed by atoms with Gasteiger partial charge in [0.15, 0.2) is 5.82 Å². The van der Waals surface area contributed by atoms with Gasteiger partial charge in [-0.05, 0) is 25.3 Å². The number of dihydropyridines is 1. The molecule has 0 saturated carbocycles. The van der Waals surface area contributed by atoms with E-state index in [0.717, 1.165) is 48.3 Å². The molecule has 29 heavy (non-hydrogen) atoms. The van der Waals surface area contributed by atoms with Gasteiger partial charge >= 0.3 is 6.09 Å². The quantitative estimate of drug-likeness (QED) is 0.694. The van der Waals surface area contributed by atoms with Crippen LogP contribution >= 0.6 is 11.6 Å². The van der Waals surface area contributed by atoms with Crippen molar-refractivity contribution in [2.24, 2.45) is 0 Å². The predicted molar refractivity (Wildman–Crippen MR) is 112 cm³/mol. The fourth-order valence-corrected chi connectivity index (χ4v) is 4.03. The third-order valence-corrected chi connectivity index (χ3v) is 5.60. The Morgan fingerprint density at radius 2 is 2.24 bits per heavy atom. The lowest BCUT2D eigenvalue weighted by molar-refractivity contribution is 0.113. The van der Waals surface area contributed by atoms with E-state index in [-0.39, 0.29) is 18.3 Å². The van der Waals surface area contributed by atoms with Gasteiger partial charge < -0.3 is 25.6 Å². The van der Waals surface area contributed by atoms with Crippen molar-refractivity contribution in [3.63, 3.8) is 0 Å². The molecule has 1 saturated heterocycles. The average molecular weight is 417 g/mol. The molecule has 4 heterocycles. The van der Waals surface area contributed by atoms with E-state index in [0.29, 0.717) is 17.4 Å². The number of fused-ring (bicyclic) bond motifs is 1. The van der Waals surface area contributed by atoms with Crippen LogP contribution in [0.15, 0.2) is 35.3 Å². The van der Waals surface area contributed by atoms with Crippen molar-refractivity contribution in [2.75, 3.05) is 25.5 Å². The van der Waals surface area contributed by atoms with Crippen molar-refractivity contribution in [1.29, 1.82) is 0 Å². The minimum absolute atomic E-state index is 0.0229. The highest BCUT2D eigenvalue weighted by atomic mass is 35.5. The number of likely N-dealkylation sites (tertiary alicyclic amines) is 1. The molecule has 3 aliphatic rings. The molecule has 1 fully saturated rings. The van der Waals surface area contributed by atoms with Gasteiger partial charge in [0.1, 0.15) is 12.0 Å². The van der Waals surface area contributed by atoms with Crippen LogP contribution in [0.1, 0.15) is 31.2 Å². The second-order valence-electron chi connectivity index (χ2n) is 7.27. The first-order valence-corrected chi connectivity index (χ1v) is 10.2. The number of methoxy groups -OCH3 is 1. The number of halogens is 1. The number of carbonyl (C=O) groups is 1. The number of anilines is 1. The first kappa shape index (κ1) is 19.6. The van der Waals surface area contributed by atoms with Gasteiger partial charge in [-0.1, -0.05) is 18.5 Å². The van der Waals surface area contributed by atoms with E-state index in [9.17, 15) is 4.79 Å². The Hall–Kier alpha value is -2.74. The molecule has 0 aromatic carbocycles. The zero-order valence-corrected chi connectivity index (χ0v) is 17.3. The first-order chi connectivity index (χ1) is 14.1. The number of carbonyl (C=O) groups excluding carboxylic acids is 1. The maximum atomic E-state index is 11.9. The lowest BCUT2D eigenvalue weighted by Gasteiger charge is -2.32. The number of nitrogens with one attached hydrogen (secondary N) is 3. The van der Waals surface area contributed by atoms with Gasteiger partial charge in [-0.15, -0.1) is 0 Å². The number of amides is 1. The van der Waals surface area contributed by atoms with Gasteiger partial charge in [-0.3, -0.25) is 0 Å². The van der Waals surface area contributed by atoms with Crippen LogP contribution in [0.25, 0.3) is 5.57 Å². The lowest BCUT2D eigenvalue weighted by Crippen LogP contribution is -2.45. The SMILES string of the molecule is CCc1cnc(C2=CNC3NC=C(Cl)C=C23)nc1N[C@H]1CCCN(C(=O)OC)C1. The number of nitrogens with zero attached hydrogens (tertiary/aromatic N) is 3. The van der Waals surface area contributed by atoms with Crippen molar-refractivity contribution in [2.45, 2.75) is 38.4 Å². The molecule has 154 valence electrons. The van der Waals surface area contributed by atoms with Crippen LogP contribution in [-0.2, 0) is 11.2 Å². The number of hydrogen-bond acceptors (Lipinski definition) is 7. The predicted octanol–water partition coefficient (Wildman–Crippen LogP) is 2.56. The Balaban J connectivity index is 1.56. The van der Waals surface area contributed by atoms with E-state index < -0.39 is 0 Å². The summed E-state index contributed by atoms with van der Waals surface area (Å²) >= 11 is 6.17. The van der Waals surface area contributed by atoms with Crippen molar-refractivity contribution in [3.05, 3.63) is 46.7 Å². The Kier molecular flexibility index (Phi) is 5.62. The molecule has 1 aromatic heterocycles. The minimum Gasteiger partial charge on any atom is -0.453 e. The standard InChI is InChI=1S/C20H25ClN6O2/c1-3-12-8-22-19(16-10-24-18-15(16)7-13(21)9-23-18)26-17(12)25-14-5-4-6-27(11-14)20(28)29-2/h7-10,14,18,23-24H,3-6,11H2,1-2H3,(H,22,25,26)/t14-,18?/m0/s1. The molecule has 0 aliphatic carbocycles. The normalized spacial score (nSPS) is 23.1. The maximum Gasteiger partial charge on any atom is 0.409 e. The van der Waals surface area contributed by atoms with E-state index in [1.165, 1.54) is 7.11 Å². The van der Waals surface area contributed by atoms with Gasteiger partial charge in [0.05, 0.1) is 12.1 Å². The fourth-order valence-electron chi connectivity index (χ4n) is 3.84. The summed E-state index contributed by atoms with van der Waals surface area (Å²) < 4.78 is 4.87. The molecule has 0 spiro atoms. The number of allylic oxidation sites excluding steroid dienone is 2. The molecule has 8 nitrogen and oxygen atoms in total. The molecular weight excluding hydrogens is 392 g/mol. The zero-order chi connectivity index (χ0) is 20.4. The van der Waals surface area contributed by atoms with E-state index in [4.69, 9.17) is 21.3 Å². The smallest absolute Gasteiger partial charge is 0.409 e. The summed E-state index contributed by atoms with van der Waals surface area (Å²) in [6, 6.07) is 0.118. The molecule has 1 amide bonds.